The number of rotatable bonds is 27. The van der Waals surface area contributed by atoms with Crippen LogP contribution in [-0.2, 0) is 25.9 Å². The molecule has 336 valence electrons. The Bertz CT molecular complexity index is 785. The second-order valence-corrected chi connectivity index (χ2v) is 41.5. The molecule has 55 heavy (non-hydrogen) atoms. The van der Waals surface area contributed by atoms with E-state index in [1.54, 1.807) is 7.11 Å². The Balaban J connectivity index is -0.000000735. The molecule has 1 saturated heterocycles. The predicted octanol–water partition coefficient (Wildman–Crippen LogP) is 14.3. The lowest BCUT2D eigenvalue weighted by molar-refractivity contribution is 0.121. The molecular weight excluding hydrogens is 797 g/mol. The Morgan fingerprint density at radius 3 is 1.47 bits per heavy atom. The largest absolute Gasteiger partial charge is 0.455 e. The summed E-state index contributed by atoms with van der Waals surface area (Å²) < 4.78 is 34.7. The Morgan fingerprint density at radius 1 is 0.655 bits per heavy atom. The van der Waals surface area contributed by atoms with Gasteiger partial charge in [0.15, 0.2) is 52.8 Å². The van der Waals surface area contributed by atoms with Gasteiger partial charge in [-0.15, -0.1) is 0 Å². The van der Waals surface area contributed by atoms with Crippen molar-refractivity contribution < 1.29 is 25.9 Å². The molecule has 0 aromatic rings. The van der Waals surface area contributed by atoms with Gasteiger partial charge in [-0.1, -0.05) is 143 Å². The second-order valence-electron chi connectivity index (χ2n) is 18.7. The van der Waals surface area contributed by atoms with Gasteiger partial charge in [-0.05, 0) is 109 Å². The first-order valence-corrected chi connectivity index (χ1v) is 43.0. The van der Waals surface area contributed by atoms with Crippen LogP contribution in [0.5, 0.6) is 0 Å². The summed E-state index contributed by atoms with van der Waals surface area (Å²) in [7, 11) is -6.16. The van der Waals surface area contributed by atoms with E-state index in [4.69, 9.17) is 25.9 Å². The minimum Gasteiger partial charge on any atom is -0.455 e. The van der Waals surface area contributed by atoms with Crippen LogP contribution >= 0.6 is 0 Å². The van der Waals surface area contributed by atoms with Crippen molar-refractivity contribution in [1.29, 1.82) is 0 Å². The molecule has 0 aliphatic carbocycles. The zero-order valence-corrected chi connectivity index (χ0v) is 48.4. The van der Waals surface area contributed by atoms with Crippen LogP contribution in [0.1, 0.15) is 150 Å². The summed E-state index contributed by atoms with van der Waals surface area (Å²) in [6.07, 6.45) is 26.5. The van der Waals surface area contributed by atoms with Crippen molar-refractivity contribution in [3.05, 3.63) is 0 Å². The van der Waals surface area contributed by atoms with Crippen LogP contribution in [0.15, 0.2) is 0 Å². The Kier molecular flexibility index (Phi) is 43.4. The van der Waals surface area contributed by atoms with Crippen molar-refractivity contribution >= 4 is 61.4 Å². The summed E-state index contributed by atoms with van der Waals surface area (Å²) in [4.78, 5) is 0. The molecule has 0 bridgehead atoms. The summed E-state index contributed by atoms with van der Waals surface area (Å²) in [6.45, 7) is 37.9. The summed E-state index contributed by atoms with van der Waals surface area (Å²) in [5.74, 6) is 0. The molecule has 2 atom stereocenters. The van der Waals surface area contributed by atoms with Crippen LogP contribution in [0, 0.1) is 0 Å². The maximum Gasteiger partial charge on any atom is 0.324 e. The highest BCUT2D eigenvalue weighted by Gasteiger charge is 2.35. The summed E-state index contributed by atoms with van der Waals surface area (Å²) in [5, 5.41) is 0. The predicted molar refractivity (Wildman–Crippen MR) is 267 cm³/mol. The molecule has 0 aromatic heterocycles. The molecule has 1 aliphatic rings. The van der Waals surface area contributed by atoms with E-state index in [-0.39, 0.29) is 0 Å². The monoisotopic (exact) mass is 901 g/mol. The third-order valence-corrected chi connectivity index (χ3v) is 28.5. The van der Waals surface area contributed by atoms with Crippen LogP contribution in [-0.4, -0.2) is 81.9 Å². The summed E-state index contributed by atoms with van der Waals surface area (Å²) in [6, 6.07) is 3.93. The van der Waals surface area contributed by atoms with E-state index in [0.29, 0.717) is 6.79 Å². The zero-order valence-electron chi connectivity index (χ0n) is 40.8. The van der Waals surface area contributed by atoms with Gasteiger partial charge in [-0.3, -0.25) is 0 Å². The van der Waals surface area contributed by atoms with Gasteiger partial charge in [-0.2, -0.15) is 0 Å². The molecule has 1 fully saturated rings. The molecule has 1 heterocycles. The average molecular weight is 902 g/mol. The Labute approximate surface area is 357 Å². The second kappa shape index (κ2) is 39.4. The van der Waals surface area contributed by atoms with Crippen molar-refractivity contribution in [2.75, 3.05) is 20.5 Å². The van der Waals surface area contributed by atoms with Crippen molar-refractivity contribution in [2.24, 2.45) is 0 Å². The van der Waals surface area contributed by atoms with Crippen molar-refractivity contribution in [2.45, 2.75) is 252 Å². The maximum atomic E-state index is 6.62. The molecule has 13 heteroatoms. The normalized spacial score (nSPS) is 17.9. The molecule has 0 N–H and O–H groups in total. The van der Waals surface area contributed by atoms with Crippen molar-refractivity contribution in [3.63, 3.8) is 0 Å². The highest BCUT2D eigenvalue weighted by atomic mass is 28.4. The summed E-state index contributed by atoms with van der Waals surface area (Å²) in [5.41, 5.74) is 0.729. The van der Waals surface area contributed by atoms with Gasteiger partial charge in [0.2, 0.25) is 0 Å². The lowest BCUT2D eigenvalue weighted by Gasteiger charge is -2.36. The van der Waals surface area contributed by atoms with Gasteiger partial charge in [0.05, 0.1) is 0 Å². The van der Waals surface area contributed by atoms with Crippen LogP contribution in [0.25, 0.3) is 0 Å². The van der Waals surface area contributed by atoms with E-state index < -0.39 is 61.4 Å². The maximum absolute atomic E-state index is 6.62. The van der Waals surface area contributed by atoms with Gasteiger partial charge in [0, 0.05) is 13.7 Å². The standard InChI is InChI=1S/C17H38O2Si2.C17H40OSi2.C5H16O2Si2.C3H10OSi/c1-4-5-6-7-8-9-10-11-14-17-21(3)18-15-12-13-16-20(2)19-21;1-8-9-10-11-12-13-14-15-16-19(4,5)18-20(6,7)17(2)3;1-8(2)6-5-7-9(3)4;1-4-5(2)3/h20H,4-17H2,1-3H3;17H,8-16H2,1-7H3;8-9H,5H2,1-4H3;5H,1-3H3. The fourth-order valence-corrected chi connectivity index (χ4v) is 22.2. The molecule has 6 nitrogen and oxygen atoms in total. The van der Waals surface area contributed by atoms with E-state index in [0.717, 1.165) is 12.1 Å². The molecule has 0 radical (unpaired) electrons. The first kappa shape index (κ1) is 60.6. The first-order chi connectivity index (χ1) is 25.8. The minimum atomic E-state index is -1.81. The molecule has 1 aliphatic heterocycles. The number of hydrogen-bond acceptors (Lipinski definition) is 6. The smallest absolute Gasteiger partial charge is 0.324 e. The van der Waals surface area contributed by atoms with E-state index in [9.17, 15) is 0 Å². The SMILES string of the molecule is CCCCCCCCCCC[Si]1(C)OCCCC[SiH](C)O1.CCCCCCCCCC[Si](C)(C)O[Si](C)(C)C(C)C.CO[SiH](C)C.C[SiH](C)OCO[SiH](C)C. The van der Waals surface area contributed by atoms with E-state index in [2.05, 4.69) is 106 Å². The van der Waals surface area contributed by atoms with Gasteiger partial charge in [0.25, 0.3) is 0 Å². The fourth-order valence-electron chi connectivity index (χ4n) is 6.11. The number of hydrogen-bond donors (Lipinski definition) is 0. The topological polar surface area (TPSA) is 55.4 Å². The molecule has 0 spiro atoms. The Hall–Kier alpha value is 1.28. The van der Waals surface area contributed by atoms with Crippen molar-refractivity contribution in [1.82, 2.24) is 0 Å². The van der Waals surface area contributed by atoms with Crippen LogP contribution in [0.3, 0.4) is 0 Å². The quantitative estimate of drug-likeness (QED) is 0.0465. The third-order valence-electron chi connectivity index (χ3n) is 10.4. The molecule has 0 saturated carbocycles. The Morgan fingerprint density at radius 2 is 1.07 bits per heavy atom. The highest BCUT2D eigenvalue weighted by molar-refractivity contribution is 6.85. The van der Waals surface area contributed by atoms with Crippen LogP contribution < -0.4 is 0 Å². The molecule has 0 aromatic carbocycles. The van der Waals surface area contributed by atoms with Gasteiger partial charge < -0.3 is 25.9 Å². The molecule has 2 unspecified atom stereocenters. The van der Waals surface area contributed by atoms with Crippen LogP contribution in [0.4, 0.5) is 0 Å². The lowest BCUT2D eigenvalue weighted by atomic mass is 10.1. The van der Waals surface area contributed by atoms with Gasteiger partial charge >= 0.3 is 8.56 Å². The molecule has 1 rings (SSSR count). The van der Waals surface area contributed by atoms with Gasteiger partial charge in [-0.25, -0.2) is 0 Å². The first-order valence-electron chi connectivity index (χ1n) is 23.5. The fraction of sp³-hybridized carbons (Fsp3) is 1.00. The highest BCUT2D eigenvalue weighted by Crippen LogP contribution is 2.29. The van der Waals surface area contributed by atoms with Crippen molar-refractivity contribution in [3.8, 4) is 0 Å². The average Bonchev–Trinajstić information content (AvgIpc) is 3.07. The van der Waals surface area contributed by atoms with Crippen LogP contribution in [0.2, 0.25) is 102 Å². The van der Waals surface area contributed by atoms with Gasteiger partial charge in [0.1, 0.15) is 6.79 Å². The lowest BCUT2D eigenvalue weighted by Crippen LogP contribution is -2.46. The molecule has 0 amide bonds. The minimum absolute atomic E-state index is 0.535. The summed E-state index contributed by atoms with van der Waals surface area (Å²) >= 11 is 0. The van der Waals surface area contributed by atoms with E-state index in [1.165, 1.54) is 140 Å². The third kappa shape index (κ3) is 46.2. The zero-order chi connectivity index (χ0) is 42.6. The van der Waals surface area contributed by atoms with E-state index >= 15 is 0 Å². The number of unbranched alkanes of at least 4 members (excludes halogenated alkanes) is 15. The molecular formula is C42H104O6Si7. The van der Waals surface area contributed by atoms with E-state index in [1.807, 2.05) is 0 Å².